The highest BCUT2D eigenvalue weighted by molar-refractivity contribution is 6.33. The molecule has 0 saturated heterocycles. The molecule has 3 N–H and O–H groups in total. The van der Waals surface area contributed by atoms with Crippen molar-refractivity contribution in [2.45, 2.75) is 0 Å². The van der Waals surface area contributed by atoms with E-state index in [0.29, 0.717) is 16.2 Å². The van der Waals surface area contributed by atoms with Crippen molar-refractivity contribution in [2.75, 3.05) is 0 Å². The van der Waals surface area contributed by atoms with E-state index in [1.54, 1.807) is 18.3 Å². The number of H-pyrrole nitrogens is 1. The number of hydrogen-bond acceptors (Lipinski definition) is 4. The molecule has 6 heteroatoms. The molecule has 0 aliphatic rings. The van der Waals surface area contributed by atoms with Gasteiger partial charge in [0.25, 0.3) is 0 Å². The first-order valence-corrected chi connectivity index (χ1v) is 3.93. The van der Waals surface area contributed by atoms with Crippen molar-refractivity contribution in [2.24, 2.45) is 10.9 Å². The van der Waals surface area contributed by atoms with Crippen LogP contribution in [0.1, 0.15) is 0 Å². The van der Waals surface area contributed by atoms with E-state index < -0.39 is 0 Å². The Balaban J connectivity index is 3.02. The van der Waals surface area contributed by atoms with Gasteiger partial charge in [-0.05, 0) is 12.1 Å². The number of aromatic nitrogens is 3. The molecule has 2 heterocycles. The second-order valence-electron chi connectivity index (χ2n) is 2.39. The topological polar surface area (TPSA) is 80.0 Å². The third kappa shape index (κ3) is 1.23. The minimum Gasteiger partial charge on any atom is -0.321 e. The normalized spacial score (nSPS) is 12.2. The lowest BCUT2D eigenvalue weighted by Crippen LogP contribution is -2.14. The highest BCUT2D eigenvalue weighted by Crippen LogP contribution is 2.13. The highest BCUT2D eigenvalue weighted by atomic mass is 35.5. The van der Waals surface area contributed by atoms with Crippen LogP contribution in [0.5, 0.6) is 0 Å². The Morgan fingerprint density at radius 2 is 2.38 bits per heavy atom. The van der Waals surface area contributed by atoms with Gasteiger partial charge in [-0.15, -0.1) is 0 Å². The number of nitrogens with two attached hydrogens (primary N) is 1. The minimum atomic E-state index is 0.357. The van der Waals surface area contributed by atoms with E-state index in [2.05, 4.69) is 20.3 Å². The smallest absolute Gasteiger partial charge is 0.192 e. The predicted molar refractivity (Wildman–Crippen MR) is 48.6 cm³/mol. The van der Waals surface area contributed by atoms with Gasteiger partial charge < -0.3 is 5.84 Å². The zero-order valence-corrected chi connectivity index (χ0v) is 7.28. The second-order valence-corrected chi connectivity index (χ2v) is 2.75. The standard InChI is InChI=1S/C7H6ClN5/c8-6-4-2-1-3-10-5(4)7(11-9)13-12-6/h1-3H,9H2,(H,11,13). The zero-order chi connectivity index (χ0) is 9.26. The number of pyridine rings is 1. The number of rotatable bonds is 0. The fraction of sp³-hybridized carbons (Fsp3) is 0. The summed E-state index contributed by atoms with van der Waals surface area (Å²) >= 11 is 5.82. The third-order valence-corrected chi connectivity index (χ3v) is 1.93. The Morgan fingerprint density at radius 1 is 1.54 bits per heavy atom. The quantitative estimate of drug-likeness (QED) is 0.471. The van der Waals surface area contributed by atoms with Gasteiger partial charge in [0.1, 0.15) is 5.52 Å². The van der Waals surface area contributed by atoms with Gasteiger partial charge in [0.2, 0.25) is 0 Å². The van der Waals surface area contributed by atoms with Gasteiger partial charge in [0.05, 0.1) is 0 Å². The van der Waals surface area contributed by atoms with E-state index in [-0.39, 0.29) is 0 Å². The molecule has 0 amide bonds. The van der Waals surface area contributed by atoms with Crippen LogP contribution >= 0.6 is 11.6 Å². The molecule has 66 valence electrons. The molecule has 5 nitrogen and oxygen atoms in total. The van der Waals surface area contributed by atoms with Crippen molar-refractivity contribution < 1.29 is 0 Å². The summed E-state index contributed by atoms with van der Waals surface area (Å²) in [5.41, 5.74) is 1.03. The molecular weight excluding hydrogens is 190 g/mol. The highest BCUT2D eigenvalue weighted by Gasteiger charge is 2.01. The van der Waals surface area contributed by atoms with Crippen LogP contribution in [0.15, 0.2) is 23.4 Å². The molecule has 0 atom stereocenters. The number of aromatic amines is 1. The molecule has 0 bridgehead atoms. The van der Waals surface area contributed by atoms with E-state index in [9.17, 15) is 0 Å². The van der Waals surface area contributed by atoms with E-state index in [0.717, 1.165) is 5.39 Å². The Morgan fingerprint density at radius 3 is 3.15 bits per heavy atom. The molecule has 0 aromatic carbocycles. The van der Waals surface area contributed by atoms with Gasteiger partial charge in [0, 0.05) is 11.6 Å². The van der Waals surface area contributed by atoms with Gasteiger partial charge >= 0.3 is 0 Å². The molecule has 0 saturated carbocycles. The Labute approximate surface area is 78.2 Å². The van der Waals surface area contributed by atoms with Crippen molar-refractivity contribution in [1.82, 2.24) is 15.2 Å². The summed E-state index contributed by atoms with van der Waals surface area (Å²) in [5.74, 6) is 5.14. The number of fused-ring (bicyclic) bond motifs is 1. The summed E-state index contributed by atoms with van der Waals surface area (Å²) in [7, 11) is 0. The molecule has 0 aliphatic heterocycles. The SMILES string of the molecule is N/N=c1\[nH]nc(Cl)c2cccnc12. The van der Waals surface area contributed by atoms with E-state index in [1.807, 2.05) is 0 Å². The second kappa shape index (κ2) is 3.02. The van der Waals surface area contributed by atoms with Crippen molar-refractivity contribution in [3.8, 4) is 0 Å². The predicted octanol–water partition coefficient (Wildman–Crippen LogP) is 0.386. The summed E-state index contributed by atoms with van der Waals surface area (Å²) in [4.78, 5) is 4.08. The van der Waals surface area contributed by atoms with Crippen LogP contribution in [-0.2, 0) is 0 Å². The van der Waals surface area contributed by atoms with Gasteiger partial charge in [0.15, 0.2) is 10.6 Å². The average molecular weight is 196 g/mol. The summed E-state index contributed by atoms with van der Waals surface area (Å²) in [5, 5.41) is 11.0. The van der Waals surface area contributed by atoms with Crippen LogP contribution in [0.3, 0.4) is 0 Å². The summed E-state index contributed by atoms with van der Waals surface area (Å²) < 4.78 is 0. The van der Waals surface area contributed by atoms with Gasteiger partial charge in [-0.2, -0.15) is 10.2 Å². The monoisotopic (exact) mass is 195 g/mol. The first-order chi connectivity index (χ1) is 6.33. The molecule has 0 aliphatic carbocycles. The van der Waals surface area contributed by atoms with E-state index in [1.165, 1.54) is 0 Å². The Hall–Kier alpha value is -1.62. The average Bonchev–Trinajstić information content (AvgIpc) is 2.19. The molecule has 0 unspecified atom stereocenters. The summed E-state index contributed by atoms with van der Waals surface area (Å²) in [6.07, 6.45) is 1.64. The van der Waals surface area contributed by atoms with Crippen molar-refractivity contribution >= 4 is 22.5 Å². The molecule has 13 heavy (non-hydrogen) atoms. The molecule has 0 radical (unpaired) electrons. The first kappa shape index (κ1) is 8.00. The first-order valence-electron chi connectivity index (χ1n) is 3.56. The molecule has 2 aromatic rings. The van der Waals surface area contributed by atoms with Crippen molar-refractivity contribution in [1.29, 1.82) is 0 Å². The lowest BCUT2D eigenvalue weighted by molar-refractivity contribution is 0.939. The lowest BCUT2D eigenvalue weighted by atomic mass is 10.3. The molecule has 0 spiro atoms. The summed E-state index contributed by atoms with van der Waals surface area (Å²) in [6.45, 7) is 0. The van der Waals surface area contributed by atoms with Crippen LogP contribution in [0, 0.1) is 0 Å². The number of nitrogens with one attached hydrogen (secondary N) is 1. The minimum absolute atomic E-state index is 0.357. The van der Waals surface area contributed by atoms with E-state index in [4.69, 9.17) is 17.4 Å². The fourth-order valence-electron chi connectivity index (χ4n) is 1.07. The van der Waals surface area contributed by atoms with Crippen molar-refractivity contribution in [3.05, 3.63) is 29.0 Å². The zero-order valence-electron chi connectivity index (χ0n) is 6.53. The van der Waals surface area contributed by atoms with Crippen molar-refractivity contribution in [3.63, 3.8) is 0 Å². The Kier molecular flexibility index (Phi) is 1.86. The molecular formula is C7H6ClN5. The Bertz CT molecular complexity index is 503. The molecule has 0 fully saturated rings. The number of nitrogens with zero attached hydrogens (tertiary/aromatic N) is 3. The van der Waals surface area contributed by atoms with Gasteiger partial charge in [-0.3, -0.25) is 10.1 Å². The van der Waals surface area contributed by atoms with Crippen LogP contribution in [0.4, 0.5) is 0 Å². The lowest BCUT2D eigenvalue weighted by Gasteiger charge is -1.97. The maximum absolute atomic E-state index is 5.82. The maximum Gasteiger partial charge on any atom is 0.192 e. The fourth-order valence-corrected chi connectivity index (χ4v) is 1.26. The number of hydrogen-bond donors (Lipinski definition) is 2. The number of halogens is 1. The molecule has 2 aromatic heterocycles. The van der Waals surface area contributed by atoms with Crippen LogP contribution in [0.25, 0.3) is 10.9 Å². The largest absolute Gasteiger partial charge is 0.321 e. The summed E-state index contributed by atoms with van der Waals surface area (Å²) in [6, 6.07) is 3.58. The van der Waals surface area contributed by atoms with E-state index >= 15 is 0 Å². The van der Waals surface area contributed by atoms with Gasteiger partial charge in [-0.25, -0.2) is 0 Å². The maximum atomic E-state index is 5.82. The van der Waals surface area contributed by atoms with Crippen LogP contribution in [-0.4, -0.2) is 15.2 Å². The van der Waals surface area contributed by atoms with Crippen LogP contribution < -0.4 is 11.3 Å². The van der Waals surface area contributed by atoms with Crippen LogP contribution in [0.2, 0.25) is 5.15 Å². The van der Waals surface area contributed by atoms with Gasteiger partial charge in [-0.1, -0.05) is 11.6 Å². The third-order valence-electron chi connectivity index (χ3n) is 1.64. The molecule has 2 rings (SSSR count).